The zero-order valence-corrected chi connectivity index (χ0v) is 56.9. The molecule has 0 aromatic rings. The number of rotatable bonds is 70. The minimum atomic E-state index is -4.64. The second kappa shape index (κ2) is 64.5. The number of nitrogens with zero attached hydrogens (tertiary/aromatic N) is 1. The Balaban J connectivity index is 3.94. The topological polar surface area (TPSA) is 111 Å². The average molecular weight is 1180 g/mol. The molecule has 0 fully saturated rings. The standard InChI is InChI=1S/C72H144NO8P/c1-6-8-10-12-14-16-18-20-22-24-26-28-30-32-34-36-38-40-42-44-46-48-50-52-54-56-58-60-62-64-71(74)78-68-70(69-80-82(76,77)79-67-66-73(3,4)5)81-72(75)65-63-61-59-57-55-53-51-49-47-45-43-41-39-37-35-33-31-29-27-25-23-21-19-17-15-13-11-9-7-2/h70H,6-69H2,1-5H3/t70-/m1/s1. The quantitative estimate of drug-likeness (QED) is 0.0256. The Kier molecular flexibility index (Phi) is 63.7. The van der Waals surface area contributed by atoms with Crippen molar-refractivity contribution in [2.75, 3.05) is 47.5 Å². The average Bonchev–Trinajstić information content (AvgIpc) is 3.44. The first-order valence-electron chi connectivity index (χ1n) is 36.7. The highest BCUT2D eigenvalue weighted by molar-refractivity contribution is 7.45. The lowest BCUT2D eigenvalue weighted by Crippen LogP contribution is -2.37. The second-order valence-corrected chi connectivity index (χ2v) is 28.1. The molecule has 0 radical (unpaired) electrons. The van der Waals surface area contributed by atoms with Crippen molar-refractivity contribution in [3.63, 3.8) is 0 Å². The zero-order valence-electron chi connectivity index (χ0n) is 56.0. The molecule has 0 saturated carbocycles. The lowest BCUT2D eigenvalue weighted by Gasteiger charge is -2.28. The Labute approximate surface area is 512 Å². The minimum absolute atomic E-state index is 0.0247. The Morgan fingerprint density at radius 2 is 0.549 bits per heavy atom. The molecule has 0 aliphatic heterocycles. The van der Waals surface area contributed by atoms with Gasteiger partial charge >= 0.3 is 11.9 Å². The second-order valence-electron chi connectivity index (χ2n) is 26.7. The summed E-state index contributed by atoms with van der Waals surface area (Å²) >= 11 is 0. The van der Waals surface area contributed by atoms with Crippen molar-refractivity contribution in [1.82, 2.24) is 0 Å². The molecule has 0 spiro atoms. The van der Waals surface area contributed by atoms with Crippen LogP contribution in [0.15, 0.2) is 0 Å². The van der Waals surface area contributed by atoms with Crippen LogP contribution in [-0.4, -0.2) is 70.0 Å². The molecule has 9 nitrogen and oxygen atoms in total. The van der Waals surface area contributed by atoms with Gasteiger partial charge in [0.2, 0.25) is 0 Å². The summed E-state index contributed by atoms with van der Waals surface area (Å²) in [7, 11) is 1.20. The highest BCUT2D eigenvalue weighted by atomic mass is 31.2. The third-order valence-corrected chi connectivity index (χ3v) is 18.1. The van der Waals surface area contributed by atoms with Crippen molar-refractivity contribution < 1.29 is 42.1 Å². The fraction of sp³-hybridized carbons (Fsp3) is 0.972. The summed E-state index contributed by atoms with van der Waals surface area (Å²) in [6, 6.07) is 0. The maximum absolute atomic E-state index is 12.9. The van der Waals surface area contributed by atoms with Gasteiger partial charge in [-0.15, -0.1) is 0 Å². The molecule has 82 heavy (non-hydrogen) atoms. The number of likely N-dealkylation sites (N-methyl/N-ethyl adjacent to an activating group) is 1. The molecule has 0 aliphatic rings. The Bertz CT molecular complexity index is 1340. The smallest absolute Gasteiger partial charge is 0.306 e. The van der Waals surface area contributed by atoms with Gasteiger partial charge in [-0.25, -0.2) is 0 Å². The van der Waals surface area contributed by atoms with Gasteiger partial charge in [-0.3, -0.25) is 14.2 Å². The minimum Gasteiger partial charge on any atom is -0.756 e. The van der Waals surface area contributed by atoms with Gasteiger partial charge in [0.05, 0.1) is 27.7 Å². The van der Waals surface area contributed by atoms with Gasteiger partial charge in [-0.05, 0) is 12.8 Å². The fourth-order valence-electron chi connectivity index (χ4n) is 11.5. The van der Waals surface area contributed by atoms with E-state index >= 15 is 0 Å². The van der Waals surface area contributed by atoms with Crippen LogP contribution in [0.3, 0.4) is 0 Å². The third kappa shape index (κ3) is 68.1. The maximum Gasteiger partial charge on any atom is 0.306 e. The van der Waals surface area contributed by atoms with Gasteiger partial charge in [-0.2, -0.15) is 0 Å². The van der Waals surface area contributed by atoms with Gasteiger partial charge in [0.25, 0.3) is 7.82 Å². The summed E-state index contributed by atoms with van der Waals surface area (Å²) in [6.45, 7) is 4.34. The van der Waals surface area contributed by atoms with E-state index in [0.29, 0.717) is 17.4 Å². The van der Waals surface area contributed by atoms with Gasteiger partial charge in [0.1, 0.15) is 19.8 Å². The Morgan fingerprint density at radius 3 is 0.780 bits per heavy atom. The summed E-state index contributed by atoms with van der Waals surface area (Å²) in [6.07, 6.45) is 77.8. The molecule has 0 amide bonds. The van der Waals surface area contributed by atoms with Crippen LogP contribution >= 0.6 is 7.82 Å². The Hall–Kier alpha value is -0.990. The van der Waals surface area contributed by atoms with Gasteiger partial charge < -0.3 is 27.9 Å². The van der Waals surface area contributed by atoms with Crippen LogP contribution in [0.1, 0.15) is 399 Å². The summed E-state index contributed by atoms with van der Waals surface area (Å²) in [5.41, 5.74) is 0. The highest BCUT2D eigenvalue weighted by Gasteiger charge is 2.22. The van der Waals surface area contributed by atoms with Crippen LogP contribution in [0.4, 0.5) is 0 Å². The largest absolute Gasteiger partial charge is 0.756 e. The van der Waals surface area contributed by atoms with Crippen molar-refractivity contribution in [3.05, 3.63) is 0 Å². The van der Waals surface area contributed by atoms with E-state index in [0.717, 1.165) is 32.1 Å². The molecule has 0 saturated heterocycles. The van der Waals surface area contributed by atoms with Crippen LogP contribution in [0.2, 0.25) is 0 Å². The van der Waals surface area contributed by atoms with E-state index in [1.54, 1.807) is 0 Å². The number of hydrogen-bond donors (Lipinski definition) is 0. The van der Waals surface area contributed by atoms with Gasteiger partial charge in [0.15, 0.2) is 6.10 Å². The first-order chi connectivity index (χ1) is 40.0. The third-order valence-electron chi connectivity index (χ3n) is 17.1. The van der Waals surface area contributed by atoms with Crippen LogP contribution in [0.5, 0.6) is 0 Å². The molecule has 0 bridgehead atoms. The highest BCUT2D eigenvalue weighted by Crippen LogP contribution is 2.38. The zero-order chi connectivity index (χ0) is 59.8. The molecule has 490 valence electrons. The number of unbranched alkanes of at least 4 members (excludes halogenated alkanes) is 56. The van der Waals surface area contributed by atoms with Gasteiger partial charge in [0, 0.05) is 12.8 Å². The Morgan fingerprint density at radius 1 is 0.329 bits per heavy atom. The van der Waals surface area contributed by atoms with Crippen molar-refractivity contribution in [3.8, 4) is 0 Å². The molecule has 1 unspecified atom stereocenters. The SMILES string of the molecule is CCCCCCCCCCCCCCCCCCCCCCCCCCCCCCCC(=O)OC[C@H](COP(=O)([O-])OCC[N+](C)(C)C)OC(=O)CCCCCCCCCCCCCCCCCCCCCCCCCCCCCCC. The van der Waals surface area contributed by atoms with Crippen LogP contribution in [-0.2, 0) is 32.7 Å². The molecule has 0 aromatic carbocycles. The normalized spacial score (nSPS) is 13.0. The van der Waals surface area contributed by atoms with Crippen molar-refractivity contribution >= 4 is 19.8 Å². The molecule has 0 N–H and O–H groups in total. The predicted octanol–water partition coefficient (Wildman–Crippen LogP) is 23.1. The van der Waals surface area contributed by atoms with E-state index in [4.69, 9.17) is 18.5 Å². The number of phosphoric ester groups is 1. The lowest BCUT2D eigenvalue weighted by atomic mass is 10.0. The molecule has 0 aliphatic carbocycles. The molecular weight excluding hydrogens is 1040 g/mol. The van der Waals surface area contributed by atoms with E-state index in [2.05, 4.69) is 13.8 Å². The lowest BCUT2D eigenvalue weighted by molar-refractivity contribution is -0.870. The molecule has 0 aromatic heterocycles. The first kappa shape index (κ1) is 81.0. The first-order valence-corrected chi connectivity index (χ1v) is 38.2. The van der Waals surface area contributed by atoms with E-state index in [-0.39, 0.29) is 32.0 Å². The number of carbonyl (C=O) groups excluding carboxylic acids is 2. The van der Waals surface area contributed by atoms with E-state index in [1.165, 1.54) is 334 Å². The molecule has 2 atom stereocenters. The maximum atomic E-state index is 12.9. The van der Waals surface area contributed by atoms with E-state index < -0.39 is 26.5 Å². The van der Waals surface area contributed by atoms with Gasteiger partial charge in [-0.1, -0.05) is 373 Å². The number of hydrogen-bond acceptors (Lipinski definition) is 8. The number of ether oxygens (including phenoxy) is 2. The van der Waals surface area contributed by atoms with Crippen molar-refractivity contribution in [2.24, 2.45) is 0 Å². The van der Waals surface area contributed by atoms with Crippen molar-refractivity contribution in [1.29, 1.82) is 0 Å². The fourth-order valence-corrected chi connectivity index (χ4v) is 12.2. The molecule has 0 heterocycles. The van der Waals surface area contributed by atoms with E-state index in [9.17, 15) is 19.0 Å². The molecule has 10 heteroatoms. The monoisotopic (exact) mass is 1180 g/mol. The molecular formula is C72H144NO8P. The van der Waals surface area contributed by atoms with Crippen LogP contribution in [0.25, 0.3) is 0 Å². The number of carbonyl (C=O) groups is 2. The summed E-state index contributed by atoms with van der Waals surface area (Å²) in [4.78, 5) is 38.1. The van der Waals surface area contributed by atoms with Crippen LogP contribution in [0, 0.1) is 0 Å². The summed E-state index contributed by atoms with van der Waals surface area (Å²) < 4.78 is 34.4. The summed E-state index contributed by atoms with van der Waals surface area (Å²) in [5, 5.41) is 0. The van der Waals surface area contributed by atoms with Crippen LogP contribution < -0.4 is 4.89 Å². The number of esters is 2. The van der Waals surface area contributed by atoms with E-state index in [1.807, 2.05) is 21.1 Å². The number of quaternary nitrogens is 1. The predicted molar refractivity (Wildman–Crippen MR) is 352 cm³/mol. The molecule has 0 rings (SSSR count). The van der Waals surface area contributed by atoms with Crippen molar-refractivity contribution in [2.45, 2.75) is 405 Å². The number of phosphoric acid groups is 1. The summed E-state index contributed by atoms with van der Waals surface area (Å²) in [5.74, 6) is -0.802.